The number of carbonyl (C=O) groups is 2. The van der Waals surface area contributed by atoms with Crippen molar-refractivity contribution in [3.8, 4) is 0 Å². The van der Waals surface area contributed by atoms with Crippen molar-refractivity contribution in [1.29, 1.82) is 0 Å². The maximum Gasteiger partial charge on any atom is 0.252 e. The molecule has 2 amide bonds. The summed E-state index contributed by atoms with van der Waals surface area (Å²) in [6.07, 6.45) is 3.58. The Morgan fingerprint density at radius 1 is 1.15 bits per heavy atom. The number of hydrogen-bond acceptors (Lipinski definition) is 5. The first-order valence-corrected chi connectivity index (χ1v) is 8.93. The first kappa shape index (κ1) is 16.7. The highest BCUT2D eigenvalue weighted by atomic mass is 16.2. The lowest BCUT2D eigenvalue weighted by Crippen LogP contribution is -2.49. The Kier molecular flexibility index (Phi) is 4.66. The number of aromatic nitrogens is 3. The van der Waals surface area contributed by atoms with Gasteiger partial charge in [-0.15, -0.1) is 0 Å². The van der Waals surface area contributed by atoms with Crippen LogP contribution in [0, 0.1) is 0 Å². The van der Waals surface area contributed by atoms with E-state index in [0.717, 1.165) is 44.8 Å². The number of rotatable bonds is 5. The Balaban J connectivity index is 1.27. The molecule has 2 aliphatic heterocycles. The van der Waals surface area contributed by atoms with Crippen molar-refractivity contribution in [2.24, 2.45) is 0 Å². The summed E-state index contributed by atoms with van der Waals surface area (Å²) in [5.41, 5.74) is 1.61. The van der Waals surface area contributed by atoms with E-state index in [9.17, 15) is 9.59 Å². The molecule has 2 aromatic rings. The quantitative estimate of drug-likeness (QED) is 0.835. The molecule has 1 saturated heterocycles. The van der Waals surface area contributed by atoms with Gasteiger partial charge in [0.05, 0.1) is 19.0 Å². The van der Waals surface area contributed by atoms with Crippen molar-refractivity contribution >= 4 is 11.8 Å². The molecule has 3 heterocycles. The summed E-state index contributed by atoms with van der Waals surface area (Å²) in [6.45, 7) is 4.86. The van der Waals surface area contributed by atoms with E-state index in [2.05, 4.69) is 20.3 Å². The third-order valence-electron chi connectivity index (χ3n) is 5.10. The van der Waals surface area contributed by atoms with Crippen LogP contribution in [0.2, 0.25) is 0 Å². The average molecular weight is 354 g/mol. The molecule has 0 bridgehead atoms. The summed E-state index contributed by atoms with van der Waals surface area (Å²) in [5, 5.41) is 7.03. The van der Waals surface area contributed by atoms with Crippen LogP contribution in [-0.4, -0.2) is 69.1 Å². The van der Waals surface area contributed by atoms with E-state index in [1.165, 1.54) is 6.33 Å². The highest BCUT2D eigenvalue weighted by Gasteiger charge is 2.31. The second kappa shape index (κ2) is 7.25. The zero-order valence-corrected chi connectivity index (χ0v) is 14.5. The van der Waals surface area contributed by atoms with Crippen molar-refractivity contribution in [3.63, 3.8) is 0 Å². The molecule has 1 fully saturated rings. The fourth-order valence-corrected chi connectivity index (χ4v) is 3.60. The molecule has 4 rings (SSSR count). The number of benzene rings is 1. The third kappa shape index (κ3) is 3.45. The molecule has 136 valence electrons. The van der Waals surface area contributed by atoms with Crippen LogP contribution in [0.4, 0.5) is 0 Å². The molecule has 1 aromatic carbocycles. The molecule has 1 atom stereocenters. The number of hydrogen-bond donors (Lipinski definition) is 1. The fourth-order valence-electron chi connectivity index (χ4n) is 3.60. The minimum Gasteiger partial charge on any atom is -0.345 e. The van der Waals surface area contributed by atoms with Crippen LogP contribution in [0.25, 0.3) is 0 Å². The van der Waals surface area contributed by atoms with E-state index in [0.29, 0.717) is 12.0 Å². The average Bonchev–Trinajstić information content (AvgIpc) is 3.29. The van der Waals surface area contributed by atoms with Gasteiger partial charge in [-0.2, -0.15) is 5.10 Å². The van der Waals surface area contributed by atoms with Crippen molar-refractivity contribution in [1.82, 2.24) is 29.9 Å². The normalized spacial score (nSPS) is 20.1. The van der Waals surface area contributed by atoms with Crippen molar-refractivity contribution in [2.45, 2.75) is 19.0 Å². The van der Waals surface area contributed by atoms with E-state index in [1.807, 2.05) is 33.8 Å². The largest absolute Gasteiger partial charge is 0.345 e. The lowest BCUT2D eigenvalue weighted by atomic mass is 10.0. The SMILES string of the molecule is O=C1NC(CC(=O)N2CCN(CCn3cncn3)CC2)c2ccccc21. The second-order valence-electron chi connectivity index (χ2n) is 6.70. The lowest BCUT2D eigenvalue weighted by molar-refractivity contribution is -0.133. The molecule has 0 saturated carbocycles. The Hall–Kier alpha value is -2.74. The molecule has 0 aliphatic carbocycles. The first-order chi connectivity index (χ1) is 12.7. The number of amides is 2. The van der Waals surface area contributed by atoms with Gasteiger partial charge in [-0.05, 0) is 11.6 Å². The summed E-state index contributed by atoms with van der Waals surface area (Å²) in [6, 6.07) is 7.28. The highest BCUT2D eigenvalue weighted by molar-refractivity contribution is 5.99. The lowest BCUT2D eigenvalue weighted by Gasteiger charge is -2.35. The monoisotopic (exact) mass is 354 g/mol. The van der Waals surface area contributed by atoms with Crippen LogP contribution < -0.4 is 5.32 Å². The minimum atomic E-state index is -0.212. The van der Waals surface area contributed by atoms with Gasteiger partial charge in [-0.25, -0.2) is 4.98 Å². The molecule has 0 radical (unpaired) electrons. The van der Waals surface area contributed by atoms with Crippen LogP contribution in [0.15, 0.2) is 36.9 Å². The molecule has 0 spiro atoms. The van der Waals surface area contributed by atoms with Gasteiger partial charge >= 0.3 is 0 Å². The van der Waals surface area contributed by atoms with Crippen LogP contribution in [-0.2, 0) is 11.3 Å². The van der Waals surface area contributed by atoms with Gasteiger partial charge in [0, 0.05) is 38.3 Å². The van der Waals surface area contributed by atoms with Gasteiger partial charge in [0.1, 0.15) is 12.7 Å². The Morgan fingerprint density at radius 3 is 2.73 bits per heavy atom. The summed E-state index contributed by atoms with van der Waals surface area (Å²) in [5.74, 6) is 0.0132. The van der Waals surface area contributed by atoms with Gasteiger partial charge in [0.15, 0.2) is 0 Å². The second-order valence-corrected chi connectivity index (χ2v) is 6.70. The Bertz CT molecular complexity index is 783. The van der Waals surface area contributed by atoms with Crippen LogP contribution in [0.5, 0.6) is 0 Å². The maximum atomic E-state index is 12.7. The van der Waals surface area contributed by atoms with Gasteiger partial charge in [0.2, 0.25) is 5.91 Å². The molecule has 1 unspecified atom stereocenters. The van der Waals surface area contributed by atoms with Crippen molar-refractivity contribution < 1.29 is 9.59 Å². The first-order valence-electron chi connectivity index (χ1n) is 8.93. The van der Waals surface area contributed by atoms with E-state index in [4.69, 9.17) is 0 Å². The minimum absolute atomic E-state index is 0.0867. The summed E-state index contributed by atoms with van der Waals surface area (Å²) < 4.78 is 1.82. The zero-order chi connectivity index (χ0) is 17.9. The highest BCUT2D eigenvalue weighted by Crippen LogP contribution is 2.28. The van der Waals surface area contributed by atoms with Crippen LogP contribution in [0.3, 0.4) is 0 Å². The molecule has 1 N–H and O–H groups in total. The smallest absolute Gasteiger partial charge is 0.252 e. The van der Waals surface area contributed by atoms with Crippen LogP contribution in [0.1, 0.15) is 28.4 Å². The van der Waals surface area contributed by atoms with Gasteiger partial charge < -0.3 is 10.2 Å². The van der Waals surface area contributed by atoms with Crippen LogP contribution >= 0.6 is 0 Å². The Labute approximate surface area is 151 Å². The fraction of sp³-hybridized carbons (Fsp3) is 0.444. The molecular weight excluding hydrogens is 332 g/mol. The third-order valence-corrected chi connectivity index (χ3v) is 5.10. The molecule has 26 heavy (non-hydrogen) atoms. The standard InChI is InChI=1S/C18H22N6O2/c25-17(11-16-14-3-1-2-4-15(14)18(26)21-16)23-8-5-22(6-9-23)7-10-24-13-19-12-20-24/h1-4,12-13,16H,5-11H2,(H,21,26). The molecule has 2 aliphatic rings. The van der Waals surface area contributed by atoms with E-state index < -0.39 is 0 Å². The van der Waals surface area contributed by atoms with E-state index in [-0.39, 0.29) is 17.9 Å². The topological polar surface area (TPSA) is 83.4 Å². The molecule has 1 aromatic heterocycles. The summed E-state index contributed by atoms with van der Waals surface area (Å²) in [4.78, 5) is 32.8. The Morgan fingerprint density at radius 2 is 1.96 bits per heavy atom. The molecular formula is C18H22N6O2. The molecule has 8 nitrogen and oxygen atoms in total. The molecule has 8 heteroatoms. The summed E-state index contributed by atoms with van der Waals surface area (Å²) >= 11 is 0. The van der Waals surface area contributed by atoms with Crippen molar-refractivity contribution in [3.05, 3.63) is 48.0 Å². The predicted octanol–water partition coefficient (Wildman–Crippen LogP) is 0.297. The van der Waals surface area contributed by atoms with Gasteiger partial charge in [-0.1, -0.05) is 18.2 Å². The number of carbonyl (C=O) groups excluding carboxylic acids is 2. The summed E-state index contributed by atoms with van der Waals surface area (Å²) in [7, 11) is 0. The van der Waals surface area contributed by atoms with E-state index in [1.54, 1.807) is 6.33 Å². The number of nitrogens with zero attached hydrogens (tertiary/aromatic N) is 5. The predicted molar refractivity (Wildman–Crippen MR) is 94.3 cm³/mol. The number of piperazine rings is 1. The zero-order valence-electron chi connectivity index (χ0n) is 14.5. The number of fused-ring (bicyclic) bond motifs is 1. The maximum absolute atomic E-state index is 12.7. The van der Waals surface area contributed by atoms with Gasteiger partial charge in [0.25, 0.3) is 5.91 Å². The van der Waals surface area contributed by atoms with Crippen molar-refractivity contribution in [2.75, 3.05) is 32.7 Å². The van der Waals surface area contributed by atoms with E-state index >= 15 is 0 Å². The number of nitrogens with one attached hydrogen (secondary N) is 1. The van der Waals surface area contributed by atoms with Gasteiger partial charge in [-0.3, -0.25) is 19.2 Å².